The van der Waals surface area contributed by atoms with Gasteiger partial charge in [0.1, 0.15) is 11.3 Å². The normalized spacial score (nSPS) is 23.8. The molecule has 4 rings (SSSR count). The molecule has 2 heterocycles. The van der Waals surface area contributed by atoms with Crippen molar-refractivity contribution in [3.8, 4) is 0 Å². The molecule has 0 spiro atoms. The van der Waals surface area contributed by atoms with E-state index < -0.39 is 17.2 Å². The summed E-state index contributed by atoms with van der Waals surface area (Å²) in [6.07, 6.45) is 14.3. The smallest absolute Gasteiger partial charge is 0.319 e. The minimum atomic E-state index is -0.864. The second kappa shape index (κ2) is 15.7. The van der Waals surface area contributed by atoms with E-state index in [1.807, 2.05) is 24.3 Å². The van der Waals surface area contributed by atoms with Gasteiger partial charge in [-0.1, -0.05) is 45.3 Å². The maximum Gasteiger partial charge on any atom is 0.319 e. The van der Waals surface area contributed by atoms with Crippen LogP contribution in [0, 0.1) is 5.92 Å². The molecule has 0 aromatic rings. The van der Waals surface area contributed by atoms with Crippen LogP contribution in [-0.4, -0.2) is 72.7 Å². The first-order valence-corrected chi connectivity index (χ1v) is 14.8. The van der Waals surface area contributed by atoms with Crippen molar-refractivity contribution < 1.29 is 14.4 Å². The average molecular weight is 597 g/mol. The van der Waals surface area contributed by atoms with Gasteiger partial charge in [0.25, 0.3) is 5.91 Å². The van der Waals surface area contributed by atoms with Gasteiger partial charge in [0.2, 0.25) is 0 Å². The molecule has 3 atom stereocenters. The summed E-state index contributed by atoms with van der Waals surface area (Å²) in [5.41, 5.74) is 11.4. The zero-order chi connectivity index (χ0) is 29.7. The fourth-order valence-electron chi connectivity index (χ4n) is 5.08. The van der Waals surface area contributed by atoms with E-state index >= 15 is 0 Å². The van der Waals surface area contributed by atoms with Crippen LogP contribution in [0.25, 0.3) is 10.4 Å². The third-order valence-corrected chi connectivity index (χ3v) is 8.17. The fourth-order valence-corrected chi connectivity index (χ4v) is 6.05. The Morgan fingerprint density at radius 1 is 1.17 bits per heavy atom. The largest absolute Gasteiger partial charge is 0.338 e. The lowest BCUT2D eigenvalue weighted by Gasteiger charge is -2.22. The molecule has 3 unspecified atom stereocenters. The molecular weight excluding hydrogens is 560 g/mol. The Balaban J connectivity index is 1.26. The van der Waals surface area contributed by atoms with Crippen molar-refractivity contribution in [3.63, 3.8) is 0 Å². The van der Waals surface area contributed by atoms with Crippen LogP contribution in [0.3, 0.4) is 0 Å². The van der Waals surface area contributed by atoms with Gasteiger partial charge in [-0.3, -0.25) is 4.79 Å². The second-order valence-corrected chi connectivity index (χ2v) is 11.1. The Morgan fingerprint density at radius 2 is 2.00 bits per heavy atom. The van der Waals surface area contributed by atoms with Gasteiger partial charge >= 0.3 is 12.1 Å². The summed E-state index contributed by atoms with van der Waals surface area (Å²) in [6, 6.07) is -0.978. The standard InChI is InChI=1S/C26H36N12O3S/c27-36-30-16-17-4-8-19(9-5-17)31-26(41)32-20-10-6-18(7-11-20)22-21(23(39)34-37-28)24(42-35-22)33-25(40)29-12-3-15-38-13-1-2-14-38/h4,6-8,10,20-21,24H,1-3,5,9,11-16H2,(H2,28,34,39)(H2,29,33,40)(H2,31,32,41). The number of azide groups is 1. The molecule has 0 aromatic heterocycles. The number of carbonyl (C=O) groups excluding carboxylic acids is 3. The minimum absolute atomic E-state index is 0.262. The van der Waals surface area contributed by atoms with Crippen LogP contribution < -0.4 is 27.1 Å². The average Bonchev–Trinajstić information content (AvgIpc) is 3.66. The van der Waals surface area contributed by atoms with Crippen molar-refractivity contribution in [3.05, 3.63) is 57.7 Å². The maximum absolute atomic E-state index is 12.8. The molecule has 5 amide bonds. The number of allylic oxidation sites excluding steroid dienone is 5. The molecule has 2 aliphatic heterocycles. The van der Waals surface area contributed by atoms with Gasteiger partial charge in [-0.2, -0.15) is 0 Å². The van der Waals surface area contributed by atoms with E-state index in [0.29, 0.717) is 43.6 Å². The highest BCUT2D eigenvalue weighted by Crippen LogP contribution is 2.34. The van der Waals surface area contributed by atoms with Crippen LogP contribution in [0.4, 0.5) is 9.59 Å². The SMILES string of the molecule is [N-]=[N+]=NCC1=CC=C(NC(=O)NC2C=CC(C3=NSC(NC(=O)NCCCN4CCCC4)C3C(=O)N=NN)=CC2)CC1. The number of hydrogen-bond donors (Lipinski definition) is 5. The van der Waals surface area contributed by atoms with E-state index in [1.165, 1.54) is 12.8 Å². The van der Waals surface area contributed by atoms with Crippen molar-refractivity contribution in [2.75, 3.05) is 32.7 Å². The van der Waals surface area contributed by atoms with Crippen LogP contribution in [0.5, 0.6) is 0 Å². The van der Waals surface area contributed by atoms with E-state index in [0.717, 1.165) is 49.3 Å². The van der Waals surface area contributed by atoms with Gasteiger partial charge in [0.05, 0.1) is 11.8 Å². The molecular formula is C26H36N12O3S. The number of carbonyl (C=O) groups is 3. The summed E-state index contributed by atoms with van der Waals surface area (Å²) in [5, 5.41) is 21.0. The molecule has 15 nitrogen and oxygen atoms in total. The monoisotopic (exact) mass is 596 g/mol. The molecule has 0 bridgehead atoms. The first-order chi connectivity index (χ1) is 20.5. The van der Waals surface area contributed by atoms with E-state index in [9.17, 15) is 14.4 Å². The van der Waals surface area contributed by atoms with Gasteiger partial charge < -0.3 is 32.0 Å². The Labute approximate surface area is 248 Å². The van der Waals surface area contributed by atoms with Gasteiger partial charge in [-0.15, -0.1) is 0 Å². The molecule has 16 heteroatoms. The lowest BCUT2D eigenvalue weighted by molar-refractivity contribution is -0.120. The van der Waals surface area contributed by atoms with Crippen LogP contribution >= 0.6 is 11.9 Å². The number of hydrogen-bond acceptors (Lipinski definition) is 8. The quantitative estimate of drug-likeness (QED) is 0.0459. The number of nitrogens with zero attached hydrogens (tertiary/aromatic N) is 7. The molecule has 0 radical (unpaired) electrons. The van der Waals surface area contributed by atoms with Gasteiger partial charge in [0.15, 0.2) is 0 Å². The van der Waals surface area contributed by atoms with Crippen LogP contribution in [0.15, 0.2) is 67.1 Å². The molecule has 1 saturated heterocycles. The van der Waals surface area contributed by atoms with E-state index in [1.54, 1.807) is 6.08 Å². The summed E-state index contributed by atoms with van der Waals surface area (Å²) in [7, 11) is 0. The van der Waals surface area contributed by atoms with Gasteiger partial charge in [-0.05, 0) is 75.3 Å². The third-order valence-electron chi connectivity index (χ3n) is 7.25. The molecule has 1 fully saturated rings. The highest BCUT2D eigenvalue weighted by molar-refractivity contribution is 7.99. The molecule has 2 aliphatic carbocycles. The van der Waals surface area contributed by atoms with E-state index in [-0.39, 0.29) is 18.1 Å². The zero-order valence-electron chi connectivity index (χ0n) is 23.2. The first kappa shape index (κ1) is 30.8. The number of urea groups is 2. The number of rotatable bonds is 11. The highest BCUT2D eigenvalue weighted by atomic mass is 32.2. The molecule has 42 heavy (non-hydrogen) atoms. The van der Waals surface area contributed by atoms with E-state index in [2.05, 4.69) is 50.9 Å². The van der Waals surface area contributed by atoms with Crippen molar-refractivity contribution in [1.82, 2.24) is 26.2 Å². The predicted octanol–water partition coefficient (Wildman–Crippen LogP) is 3.14. The zero-order valence-corrected chi connectivity index (χ0v) is 24.1. The fraction of sp³-hybridized carbons (Fsp3) is 0.538. The summed E-state index contributed by atoms with van der Waals surface area (Å²) in [4.78, 5) is 43.1. The summed E-state index contributed by atoms with van der Waals surface area (Å²) in [5.74, 6) is 3.68. The molecule has 0 aromatic carbocycles. The Morgan fingerprint density at radius 3 is 2.69 bits per heavy atom. The highest BCUT2D eigenvalue weighted by Gasteiger charge is 2.41. The topological polar surface area (TPSA) is 214 Å². The van der Waals surface area contributed by atoms with Crippen LogP contribution in [0.1, 0.15) is 38.5 Å². The molecule has 224 valence electrons. The summed E-state index contributed by atoms with van der Waals surface area (Å²) >= 11 is 1.09. The Hall–Kier alpha value is -4.14. The van der Waals surface area contributed by atoms with Crippen molar-refractivity contribution in [2.24, 2.45) is 31.6 Å². The summed E-state index contributed by atoms with van der Waals surface area (Å²) in [6.45, 7) is 4.01. The van der Waals surface area contributed by atoms with Gasteiger partial charge in [0, 0.05) is 35.6 Å². The number of nitrogens with two attached hydrogens (primary N) is 1. The lowest BCUT2D eigenvalue weighted by atomic mass is 9.91. The number of nitrogens with one attached hydrogen (secondary N) is 4. The third kappa shape index (κ3) is 8.93. The van der Waals surface area contributed by atoms with Crippen LogP contribution in [-0.2, 0) is 4.79 Å². The summed E-state index contributed by atoms with van der Waals surface area (Å²) < 4.78 is 4.48. The predicted molar refractivity (Wildman–Crippen MR) is 160 cm³/mol. The molecule has 4 aliphatic rings. The second-order valence-electron chi connectivity index (χ2n) is 10.2. The minimum Gasteiger partial charge on any atom is -0.338 e. The van der Waals surface area contributed by atoms with Crippen LogP contribution in [0.2, 0.25) is 0 Å². The van der Waals surface area contributed by atoms with E-state index in [4.69, 9.17) is 11.4 Å². The Bertz CT molecular complexity index is 1260. The number of likely N-dealkylation sites (tertiary alicyclic amines) is 1. The lowest BCUT2D eigenvalue weighted by Crippen LogP contribution is -2.46. The molecule has 6 N–H and O–H groups in total. The van der Waals surface area contributed by atoms with Crippen molar-refractivity contribution >= 4 is 35.6 Å². The van der Waals surface area contributed by atoms with Gasteiger partial charge in [-0.25, -0.2) is 14.0 Å². The maximum atomic E-state index is 12.8. The first-order valence-electron chi connectivity index (χ1n) is 14.0. The van der Waals surface area contributed by atoms with Crippen molar-refractivity contribution in [2.45, 2.75) is 49.9 Å². The Kier molecular flexibility index (Phi) is 11.6. The van der Waals surface area contributed by atoms with Crippen molar-refractivity contribution in [1.29, 1.82) is 0 Å². The number of amides is 5. The molecule has 0 saturated carbocycles.